The van der Waals surface area contributed by atoms with E-state index in [4.69, 9.17) is 9.47 Å². The summed E-state index contributed by atoms with van der Waals surface area (Å²) >= 11 is 1.61. The summed E-state index contributed by atoms with van der Waals surface area (Å²) in [7, 11) is 0. The van der Waals surface area contributed by atoms with E-state index in [1.165, 1.54) is 0 Å². The molecule has 0 aliphatic carbocycles. The van der Waals surface area contributed by atoms with E-state index in [1.807, 2.05) is 35.7 Å². The fraction of sp³-hybridized carbons (Fsp3) is 0.353. The van der Waals surface area contributed by atoms with E-state index in [-0.39, 0.29) is 5.91 Å². The Kier molecular flexibility index (Phi) is 4.96. The van der Waals surface area contributed by atoms with Crippen molar-refractivity contribution in [3.63, 3.8) is 0 Å². The van der Waals surface area contributed by atoms with Crippen LogP contribution in [0.15, 0.2) is 35.7 Å². The minimum absolute atomic E-state index is 0.0665. The number of carbonyl (C=O) groups is 1. The van der Waals surface area contributed by atoms with Crippen molar-refractivity contribution in [2.75, 3.05) is 19.8 Å². The van der Waals surface area contributed by atoms with Crippen LogP contribution in [0, 0.1) is 0 Å². The molecule has 22 heavy (non-hydrogen) atoms. The zero-order valence-corrected chi connectivity index (χ0v) is 13.2. The molecule has 0 saturated carbocycles. The standard InChI is InChI=1S/C17H19NO3S/c19-17(12-14-3-1-10-22-14)18-7-6-13-4-5-15-16(11-13)21-9-2-8-20-15/h1,3-5,10-11H,2,6-9,12H2,(H,18,19). The molecule has 0 fully saturated rings. The van der Waals surface area contributed by atoms with E-state index >= 15 is 0 Å². The molecule has 5 heteroatoms. The minimum atomic E-state index is 0.0665. The van der Waals surface area contributed by atoms with Crippen molar-refractivity contribution >= 4 is 17.2 Å². The normalized spacial score (nSPS) is 13.5. The maximum absolute atomic E-state index is 11.8. The number of amides is 1. The van der Waals surface area contributed by atoms with Crippen LogP contribution in [0.5, 0.6) is 11.5 Å². The summed E-state index contributed by atoms with van der Waals surface area (Å²) in [4.78, 5) is 12.9. The lowest BCUT2D eigenvalue weighted by Crippen LogP contribution is -2.26. The zero-order chi connectivity index (χ0) is 15.2. The first-order chi connectivity index (χ1) is 10.8. The van der Waals surface area contributed by atoms with Gasteiger partial charge in [0.15, 0.2) is 11.5 Å². The lowest BCUT2D eigenvalue weighted by molar-refractivity contribution is -0.120. The molecule has 1 aromatic heterocycles. The van der Waals surface area contributed by atoms with Gasteiger partial charge in [0.05, 0.1) is 19.6 Å². The number of thiophene rings is 1. The van der Waals surface area contributed by atoms with Crippen LogP contribution in [-0.2, 0) is 17.6 Å². The SMILES string of the molecule is O=C(Cc1cccs1)NCCc1ccc2c(c1)OCCCO2. The molecular weight excluding hydrogens is 298 g/mol. The van der Waals surface area contributed by atoms with Crippen LogP contribution >= 0.6 is 11.3 Å². The second-order valence-electron chi connectivity index (χ2n) is 5.19. The molecule has 0 unspecified atom stereocenters. The Balaban J connectivity index is 1.49. The van der Waals surface area contributed by atoms with Gasteiger partial charge in [-0.15, -0.1) is 11.3 Å². The molecule has 1 aliphatic rings. The Morgan fingerprint density at radius 1 is 1.18 bits per heavy atom. The highest BCUT2D eigenvalue weighted by Gasteiger charge is 2.10. The molecule has 0 spiro atoms. The predicted molar refractivity (Wildman–Crippen MR) is 86.8 cm³/mol. The summed E-state index contributed by atoms with van der Waals surface area (Å²) in [6, 6.07) is 9.92. The van der Waals surface area contributed by atoms with Crippen LogP contribution in [0.25, 0.3) is 0 Å². The summed E-state index contributed by atoms with van der Waals surface area (Å²) in [6.45, 7) is 2.02. The quantitative estimate of drug-likeness (QED) is 0.922. The van der Waals surface area contributed by atoms with E-state index in [0.717, 1.165) is 34.8 Å². The highest BCUT2D eigenvalue weighted by atomic mass is 32.1. The Bertz CT molecular complexity index is 625. The predicted octanol–water partition coefficient (Wildman–Crippen LogP) is 2.81. The number of rotatable bonds is 5. The monoisotopic (exact) mass is 317 g/mol. The third kappa shape index (κ3) is 4.01. The van der Waals surface area contributed by atoms with E-state index in [9.17, 15) is 4.79 Å². The van der Waals surface area contributed by atoms with Gasteiger partial charge in [-0.25, -0.2) is 0 Å². The number of ether oxygens (including phenoxy) is 2. The fourth-order valence-electron chi connectivity index (χ4n) is 2.34. The van der Waals surface area contributed by atoms with Gasteiger partial charge in [-0.2, -0.15) is 0 Å². The second-order valence-corrected chi connectivity index (χ2v) is 6.22. The molecule has 1 aliphatic heterocycles. The van der Waals surface area contributed by atoms with Crippen molar-refractivity contribution in [1.82, 2.24) is 5.32 Å². The summed E-state index contributed by atoms with van der Waals surface area (Å²) in [5, 5.41) is 4.94. The van der Waals surface area contributed by atoms with Gasteiger partial charge in [0.1, 0.15) is 0 Å². The zero-order valence-electron chi connectivity index (χ0n) is 12.3. The van der Waals surface area contributed by atoms with Gasteiger partial charge >= 0.3 is 0 Å². The smallest absolute Gasteiger partial charge is 0.225 e. The maximum atomic E-state index is 11.8. The average molecular weight is 317 g/mol. The molecule has 0 bridgehead atoms. The van der Waals surface area contributed by atoms with Crippen molar-refractivity contribution in [2.24, 2.45) is 0 Å². The third-order valence-corrected chi connectivity index (χ3v) is 4.34. The van der Waals surface area contributed by atoms with Gasteiger partial charge in [-0.05, 0) is 35.6 Å². The first-order valence-corrected chi connectivity index (χ1v) is 8.37. The van der Waals surface area contributed by atoms with Gasteiger partial charge in [-0.3, -0.25) is 4.79 Å². The molecule has 1 N–H and O–H groups in total. The number of fused-ring (bicyclic) bond motifs is 1. The van der Waals surface area contributed by atoms with Crippen molar-refractivity contribution in [1.29, 1.82) is 0 Å². The topological polar surface area (TPSA) is 47.6 Å². The molecule has 3 rings (SSSR count). The molecule has 0 radical (unpaired) electrons. The Morgan fingerprint density at radius 3 is 2.86 bits per heavy atom. The van der Waals surface area contributed by atoms with E-state index in [2.05, 4.69) is 5.32 Å². The first kappa shape index (κ1) is 14.9. The Hall–Kier alpha value is -2.01. The Morgan fingerprint density at radius 2 is 2.05 bits per heavy atom. The van der Waals surface area contributed by atoms with Crippen LogP contribution in [0.1, 0.15) is 16.9 Å². The van der Waals surface area contributed by atoms with Crippen LogP contribution in [0.3, 0.4) is 0 Å². The average Bonchev–Trinajstić information content (AvgIpc) is 2.90. The Labute approximate surface area is 134 Å². The van der Waals surface area contributed by atoms with E-state index < -0.39 is 0 Å². The van der Waals surface area contributed by atoms with E-state index in [1.54, 1.807) is 11.3 Å². The van der Waals surface area contributed by atoms with Crippen molar-refractivity contribution in [2.45, 2.75) is 19.3 Å². The van der Waals surface area contributed by atoms with Crippen LogP contribution < -0.4 is 14.8 Å². The number of benzene rings is 1. The summed E-state index contributed by atoms with van der Waals surface area (Å²) < 4.78 is 11.3. The first-order valence-electron chi connectivity index (χ1n) is 7.49. The highest BCUT2D eigenvalue weighted by molar-refractivity contribution is 7.10. The molecule has 1 amide bonds. The van der Waals surface area contributed by atoms with Crippen molar-refractivity contribution in [3.8, 4) is 11.5 Å². The maximum Gasteiger partial charge on any atom is 0.225 e. The van der Waals surface area contributed by atoms with Crippen LogP contribution in [-0.4, -0.2) is 25.7 Å². The van der Waals surface area contributed by atoms with Gasteiger partial charge in [0.25, 0.3) is 0 Å². The molecular formula is C17H19NO3S. The highest BCUT2D eigenvalue weighted by Crippen LogP contribution is 2.30. The number of carbonyl (C=O) groups excluding carboxylic acids is 1. The lowest BCUT2D eigenvalue weighted by atomic mass is 10.1. The number of nitrogens with one attached hydrogen (secondary N) is 1. The van der Waals surface area contributed by atoms with Gasteiger partial charge < -0.3 is 14.8 Å². The minimum Gasteiger partial charge on any atom is -0.490 e. The third-order valence-electron chi connectivity index (χ3n) is 3.46. The fourth-order valence-corrected chi connectivity index (χ4v) is 3.05. The molecule has 2 aromatic rings. The number of hydrogen-bond donors (Lipinski definition) is 1. The molecule has 0 saturated heterocycles. The lowest BCUT2D eigenvalue weighted by Gasteiger charge is -2.10. The summed E-state index contributed by atoms with van der Waals surface area (Å²) in [5.74, 6) is 1.68. The summed E-state index contributed by atoms with van der Waals surface area (Å²) in [5.41, 5.74) is 1.14. The van der Waals surface area contributed by atoms with Crippen LogP contribution in [0.4, 0.5) is 0 Å². The van der Waals surface area contributed by atoms with Crippen molar-refractivity contribution in [3.05, 3.63) is 46.2 Å². The molecule has 0 atom stereocenters. The molecule has 1 aromatic carbocycles. The summed E-state index contributed by atoms with van der Waals surface area (Å²) in [6.07, 6.45) is 2.15. The largest absolute Gasteiger partial charge is 0.490 e. The van der Waals surface area contributed by atoms with Crippen molar-refractivity contribution < 1.29 is 14.3 Å². The van der Waals surface area contributed by atoms with Gasteiger partial charge in [-0.1, -0.05) is 12.1 Å². The molecule has 4 nitrogen and oxygen atoms in total. The number of hydrogen-bond acceptors (Lipinski definition) is 4. The second kappa shape index (κ2) is 7.31. The van der Waals surface area contributed by atoms with Gasteiger partial charge in [0.2, 0.25) is 5.91 Å². The molecule has 116 valence electrons. The van der Waals surface area contributed by atoms with Crippen LogP contribution in [0.2, 0.25) is 0 Å². The van der Waals surface area contributed by atoms with Gasteiger partial charge in [0, 0.05) is 17.8 Å². The molecule has 2 heterocycles. The van der Waals surface area contributed by atoms with E-state index in [0.29, 0.717) is 26.2 Å².